The van der Waals surface area contributed by atoms with E-state index in [-0.39, 0.29) is 12.2 Å². The molecule has 22 heavy (non-hydrogen) atoms. The van der Waals surface area contributed by atoms with Crippen LogP contribution in [0.15, 0.2) is 17.6 Å². The Labute approximate surface area is 128 Å². The molecule has 7 heteroatoms. The van der Waals surface area contributed by atoms with Crippen LogP contribution in [0.1, 0.15) is 33.3 Å². The average Bonchev–Trinajstić information content (AvgIpc) is 2.61. The van der Waals surface area contributed by atoms with E-state index in [1.54, 1.807) is 0 Å². The number of rotatable bonds is 3. The van der Waals surface area contributed by atoms with Gasteiger partial charge in [0.05, 0.1) is 17.8 Å². The fourth-order valence-electron chi connectivity index (χ4n) is 2.08. The van der Waals surface area contributed by atoms with Crippen LogP contribution in [0, 0.1) is 11.6 Å². The lowest BCUT2D eigenvalue weighted by Gasteiger charge is -2.32. The van der Waals surface area contributed by atoms with Gasteiger partial charge in [-0.15, -0.1) is 0 Å². The van der Waals surface area contributed by atoms with E-state index in [0.29, 0.717) is 5.47 Å². The Morgan fingerprint density at radius 2 is 1.73 bits per heavy atom. The number of aromatic hydroxyl groups is 1. The highest BCUT2D eigenvalue weighted by atomic mass is 19.2. The van der Waals surface area contributed by atoms with Gasteiger partial charge in [-0.3, -0.25) is 0 Å². The Morgan fingerprint density at radius 3 is 2.18 bits per heavy atom. The van der Waals surface area contributed by atoms with Crippen LogP contribution in [0.2, 0.25) is 0 Å². The molecule has 2 N–H and O–H groups in total. The van der Waals surface area contributed by atoms with E-state index < -0.39 is 35.7 Å². The van der Waals surface area contributed by atoms with Gasteiger partial charge in [-0.05, 0) is 50.9 Å². The summed E-state index contributed by atoms with van der Waals surface area (Å²) in [7, 11) is -0.801. The Hall–Kier alpha value is -1.44. The molecule has 1 saturated heterocycles. The molecule has 4 nitrogen and oxygen atoms in total. The van der Waals surface area contributed by atoms with Crippen LogP contribution in [0.3, 0.4) is 0 Å². The van der Waals surface area contributed by atoms with E-state index >= 15 is 0 Å². The first-order valence-electron chi connectivity index (χ1n) is 6.92. The fourth-order valence-corrected chi connectivity index (χ4v) is 2.08. The van der Waals surface area contributed by atoms with E-state index in [1.807, 2.05) is 27.7 Å². The van der Waals surface area contributed by atoms with Crippen LogP contribution >= 0.6 is 0 Å². The van der Waals surface area contributed by atoms with Gasteiger partial charge >= 0.3 is 7.12 Å². The smallest absolute Gasteiger partial charge is 0.492 e. The van der Waals surface area contributed by atoms with Gasteiger partial charge in [0.2, 0.25) is 0 Å². The minimum Gasteiger partial charge on any atom is -0.505 e. The van der Waals surface area contributed by atoms with Gasteiger partial charge in [0.15, 0.2) is 17.4 Å². The lowest BCUT2D eigenvalue weighted by Crippen LogP contribution is -2.41. The number of aliphatic hydroxyl groups excluding tert-OH is 1. The third kappa shape index (κ3) is 3.02. The van der Waals surface area contributed by atoms with Crippen molar-refractivity contribution in [2.45, 2.75) is 38.9 Å². The van der Waals surface area contributed by atoms with Gasteiger partial charge in [-0.25, -0.2) is 4.39 Å². The summed E-state index contributed by atoms with van der Waals surface area (Å²) in [5, 5.41) is 18.9. The van der Waals surface area contributed by atoms with Crippen molar-refractivity contribution >= 4 is 13.2 Å². The molecule has 1 aromatic carbocycles. The molecule has 0 bridgehead atoms. The third-order valence-electron chi connectivity index (χ3n) is 4.12. The van der Waals surface area contributed by atoms with Gasteiger partial charge in [0.25, 0.3) is 0 Å². The molecular weight excluding hydrogens is 293 g/mol. The largest absolute Gasteiger partial charge is 0.505 e. The van der Waals surface area contributed by atoms with E-state index in [4.69, 9.17) is 9.31 Å². The standard InChI is InChI=1S/C15H19BF2O4/c1-14(2)15(3,4)22-16(21-14)10(8-19)5-9-6-11(17)13(18)12(20)7-9/h5-7,19-20H,8H2,1-4H3. The summed E-state index contributed by atoms with van der Waals surface area (Å²) < 4.78 is 38.0. The molecule has 1 aliphatic rings. The van der Waals surface area contributed by atoms with Crippen LogP contribution in [-0.2, 0) is 9.31 Å². The normalized spacial score (nSPS) is 20.5. The zero-order valence-electron chi connectivity index (χ0n) is 13.0. The van der Waals surface area contributed by atoms with E-state index in [9.17, 15) is 19.0 Å². The molecule has 0 amide bonds. The predicted octanol–water partition coefficient (Wildman–Crippen LogP) is 2.68. The summed E-state index contributed by atoms with van der Waals surface area (Å²) >= 11 is 0. The minimum atomic E-state index is -1.31. The number of hydrogen-bond donors (Lipinski definition) is 2. The Morgan fingerprint density at radius 1 is 1.18 bits per heavy atom. The highest BCUT2D eigenvalue weighted by Gasteiger charge is 2.52. The summed E-state index contributed by atoms with van der Waals surface area (Å²) in [5.74, 6) is -3.27. The second kappa shape index (κ2) is 5.64. The van der Waals surface area contributed by atoms with E-state index in [2.05, 4.69) is 0 Å². The molecule has 1 aromatic rings. The molecule has 0 atom stereocenters. The molecule has 1 fully saturated rings. The van der Waals surface area contributed by atoms with Crippen molar-refractivity contribution in [3.63, 3.8) is 0 Å². The van der Waals surface area contributed by atoms with Gasteiger partial charge in [-0.2, -0.15) is 4.39 Å². The molecule has 0 unspecified atom stereocenters. The molecule has 2 rings (SSSR count). The molecule has 1 heterocycles. The highest BCUT2D eigenvalue weighted by molar-refractivity contribution is 6.55. The summed E-state index contributed by atoms with van der Waals surface area (Å²) in [6.45, 7) is 7.09. The monoisotopic (exact) mass is 312 g/mol. The number of phenolic OH excluding ortho intramolecular Hbond substituents is 1. The molecule has 0 aliphatic carbocycles. The van der Waals surface area contributed by atoms with Crippen LogP contribution < -0.4 is 0 Å². The van der Waals surface area contributed by atoms with Crippen LogP contribution in [0.5, 0.6) is 5.75 Å². The lowest BCUT2D eigenvalue weighted by molar-refractivity contribution is 0.00578. The van der Waals surface area contributed by atoms with Crippen LogP contribution in [0.4, 0.5) is 8.78 Å². The quantitative estimate of drug-likeness (QED) is 0.843. The zero-order chi connectivity index (χ0) is 16.7. The first kappa shape index (κ1) is 16.9. The first-order valence-corrected chi connectivity index (χ1v) is 6.92. The Bertz CT molecular complexity index is 575. The Kier molecular flexibility index (Phi) is 4.34. The highest BCUT2D eigenvalue weighted by Crippen LogP contribution is 2.38. The van der Waals surface area contributed by atoms with Gasteiger partial charge in [0.1, 0.15) is 0 Å². The van der Waals surface area contributed by atoms with Crippen LogP contribution in [-0.4, -0.2) is 35.1 Å². The number of hydrogen-bond acceptors (Lipinski definition) is 4. The van der Waals surface area contributed by atoms with Gasteiger partial charge < -0.3 is 19.5 Å². The number of phenols is 1. The molecular formula is C15H19BF2O4. The summed E-state index contributed by atoms with van der Waals surface area (Å²) in [4.78, 5) is 0. The number of aliphatic hydroxyl groups is 1. The van der Waals surface area contributed by atoms with E-state index in [1.165, 1.54) is 6.08 Å². The second-order valence-electron chi connectivity index (χ2n) is 6.30. The molecule has 0 saturated carbocycles. The predicted molar refractivity (Wildman–Crippen MR) is 79.2 cm³/mol. The molecule has 120 valence electrons. The van der Waals surface area contributed by atoms with Crippen LogP contribution in [0.25, 0.3) is 6.08 Å². The van der Waals surface area contributed by atoms with Crippen molar-refractivity contribution in [2.24, 2.45) is 0 Å². The molecule has 1 aliphatic heterocycles. The van der Waals surface area contributed by atoms with Gasteiger partial charge in [0, 0.05) is 0 Å². The van der Waals surface area contributed by atoms with Crippen molar-refractivity contribution in [1.29, 1.82) is 0 Å². The van der Waals surface area contributed by atoms with Crippen molar-refractivity contribution in [3.8, 4) is 5.75 Å². The van der Waals surface area contributed by atoms with Crippen molar-refractivity contribution in [1.82, 2.24) is 0 Å². The minimum absolute atomic E-state index is 0.204. The summed E-state index contributed by atoms with van der Waals surface area (Å²) in [5.41, 5.74) is -0.608. The summed E-state index contributed by atoms with van der Waals surface area (Å²) in [6.07, 6.45) is 1.41. The lowest BCUT2D eigenvalue weighted by atomic mass is 9.77. The second-order valence-corrected chi connectivity index (χ2v) is 6.30. The van der Waals surface area contributed by atoms with Crippen molar-refractivity contribution in [3.05, 3.63) is 34.8 Å². The fraction of sp³-hybridized carbons (Fsp3) is 0.467. The summed E-state index contributed by atoms with van der Waals surface area (Å²) in [6, 6.07) is 2.00. The SMILES string of the molecule is CC1(C)OB(C(=Cc2cc(O)c(F)c(F)c2)CO)OC1(C)C. The number of benzene rings is 1. The third-order valence-corrected chi connectivity index (χ3v) is 4.12. The number of halogens is 2. The van der Waals surface area contributed by atoms with Gasteiger partial charge in [-0.1, -0.05) is 6.08 Å². The maximum absolute atomic E-state index is 13.3. The maximum Gasteiger partial charge on any atom is 0.492 e. The zero-order valence-corrected chi connectivity index (χ0v) is 13.0. The average molecular weight is 312 g/mol. The molecule has 0 radical (unpaired) electrons. The van der Waals surface area contributed by atoms with E-state index in [0.717, 1.165) is 12.1 Å². The van der Waals surface area contributed by atoms with Crippen molar-refractivity contribution < 1.29 is 28.3 Å². The van der Waals surface area contributed by atoms with Crippen molar-refractivity contribution in [2.75, 3.05) is 6.61 Å². The topological polar surface area (TPSA) is 58.9 Å². The first-order chi connectivity index (χ1) is 10.1. The molecule has 0 spiro atoms. The maximum atomic E-state index is 13.3. The molecule has 0 aromatic heterocycles. The Balaban J connectivity index is 2.34.